The molecule has 0 aliphatic heterocycles. The molecule has 0 spiro atoms. The highest BCUT2D eigenvalue weighted by Crippen LogP contribution is 2.27. The molecule has 2 aromatic rings. The minimum atomic E-state index is -1.21. The van der Waals surface area contributed by atoms with E-state index in [0.717, 1.165) is 0 Å². The van der Waals surface area contributed by atoms with Crippen LogP contribution in [0.25, 0.3) is 0 Å². The molecule has 0 amide bonds. The van der Waals surface area contributed by atoms with Gasteiger partial charge in [-0.2, -0.15) is 0 Å². The van der Waals surface area contributed by atoms with Gasteiger partial charge < -0.3 is 10.8 Å². The van der Waals surface area contributed by atoms with Crippen molar-refractivity contribution in [3.05, 3.63) is 64.7 Å². The summed E-state index contributed by atoms with van der Waals surface area (Å²) >= 11 is 0. The Bertz CT molecular complexity index is 567. The first kappa shape index (κ1) is 12.5. The molecule has 1 unspecified atom stereocenters. The maximum Gasteiger partial charge on any atom is 0.165 e. The third-order valence-corrected chi connectivity index (χ3v) is 2.85. The number of nitrogens with two attached hydrogens (primary N) is 1. The highest BCUT2D eigenvalue weighted by molar-refractivity contribution is 5.42. The summed E-state index contributed by atoms with van der Waals surface area (Å²) in [6, 6.07) is 9.18. The summed E-state index contributed by atoms with van der Waals surface area (Å²) in [5.74, 6) is -1.94. The van der Waals surface area contributed by atoms with Gasteiger partial charge in [-0.15, -0.1) is 0 Å². The first-order chi connectivity index (χ1) is 8.50. The number of aliphatic hydroxyl groups excluding tert-OH is 1. The van der Waals surface area contributed by atoms with Gasteiger partial charge in [-0.05, 0) is 30.2 Å². The van der Waals surface area contributed by atoms with Crippen molar-refractivity contribution in [2.75, 3.05) is 5.73 Å². The molecular formula is C14H13F2NO. The molecule has 2 aromatic carbocycles. The largest absolute Gasteiger partial charge is 0.399 e. The number of anilines is 1. The van der Waals surface area contributed by atoms with E-state index >= 15 is 0 Å². The van der Waals surface area contributed by atoms with Crippen molar-refractivity contribution in [2.24, 2.45) is 0 Å². The molecule has 0 heterocycles. The second-order valence-electron chi connectivity index (χ2n) is 4.17. The monoisotopic (exact) mass is 249 g/mol. The first-order valence-electron chi connectivity index (χ1n) is 5.48. The zero-order chi connectivity index (χ0) is 13.3. The quantitative estimate of drug-likeness (QED) is 0.804. The third-order valence-electron chi connectivity index (χ3n) is 2.85. The molecule has 94 valence electrons. The van der Waals surface area contributed by atoms with Crippen LogP contribution >= 0.6 is 0 Å². The molecule has 2 nitrogen and oxygen atoms in total. The van der Waals surface area contributed by atoms with E-state index in [1.165, 1.54) is 19.1 Å². The van der Waals surface area contributed by atoms with Crippen LogP contribution in [0.1, 0.15) is 22.8 Å². The summed E-state index contributed by atoms with van der Waals surface area (Å²) in [5.41, 5.74) is 6.66. The normalized spacial score (nSPS) is 12.4. The molecule has 18 heavy (non-hydrogen) atoms. The maximum absolute atomic E-state index is 13.7. The molecule has 0 aliphatic rings. The Balaban J connectivity index is 2.43. The number of aryl methyl sites for hydroxylation is 1. The summed E-state index contributed by atoms with van der Waals surface area (Å²) in [7, 11) is 0. The number of rotatable bonds is 2. The van der Waals surface area contributed by atoms with Gasteiger partial charge in [0.15, 0.2) is 11.6 Å². The zero-order valence-electron chi connectivity index (χ0n) is 9.82. The van der Waals surface area contributed by atoms with E-state index in [2.05, 4.69) is 0 Å². The summed E-state index contributed by atoms with van der Waals surface area (Å²) in [5, 5.41) is 10.0. The summed E-state index contributed by atoms with van der Waals surface area (Å²) in [6.45, 7) is 1.47. The van der Waals surface area contributed by atoms with E-state index in [0.29, 0.717) is 11.3 Å². The molecule has 1 atom stereocenters. The Hall–Kier alpha value is -1.94. The molecule has 0 radical (unpaired) electrons. The van der Waals surface area contributed by atoms with Crippen LogP contribution in [0.2, 0.25) is 0 Å². The van der Waals surface area contributed by atoms with Crippen LogP contribution in [-0.2, 0) is 0 Å². The van der Waals surface area contributed by atoms with Crippen LogP contribution in [0, 0.1) is 18.6 Å². The van der Waals surface area contributed by atoms with Crippen LogP contribution in [-0.4, -0.2) is 5.11 Å². The van der Waals surface area contributed by atoms with E-state index < -0.39 is 17.7 Å². The Labute approximate surface area is 104 Å². The second kappa shape index (κ2) is 4.74. The van der Waals surface area contributed by atoms with Gasteiger partial charge in [0.1, 0.15) is 6.10 Å². The van der Waals surface area contributed by atoms with Gasteiger partial charge in [-0.25, -0.2) is 8.78 Å². The molecule has 2 rings (SSSR count). The van der Waals surface area contributed by atoms with E-state index in [1.807, 2.05) is 0 Å². The van der Waals surface area contributed by atoms with Crippen LogP contribution in [0.5, 0.6) is 0 Å². The topological polar surface area (TPSA) is 46.2 Å². The van der Waals surface area contributed by atoms with Gasteiger partial charge in [0.2, 0.25) is 0 Å². The van der Waals surface area contributed by atoms with Gasteiger partial charge in [0.25, 0.3) is 0 Å². The Morgan fingerprint density at radius 2 is 1.61 bits per heavy atom. The van der Waals surface area contributed by atoms with Crippen molar-refractivity contribution >= 4 is 5.69 Å². The van der Waals surface area contributed by atoms with Gasteiger partial charge in [-0.1, -0.05) is 24.3 Å². The highest BCUT2D eigenvalue weighted by atomic mass is 19.2. The lowest BCUT2D eigenvalue weighted by molar-refractivity contribution is 0.213. The van der Waals surface area contributed by atoms with Gasteiger partial charge in [0, 0.05) is 11.3 Å². The second-order valence-corrected chi connectivity index (χ2v) is 4.17. The smallest absolute Gasteiger partial charge is 0.165 e. The minimum Gasteiger partial charge on any atom is -0.399 e. The van der Waals surface area contributed by atoms with E-state index in [1.54, 1.807) is 24.3 Å². The van der Waals surface area contributed by atoms with Gasteiger partial charge in [-0.3, -0.25) is 0 Å². The van der Waals surface area contributed by atoms with Crippen molar-refractivity contribution in [1.29, 1.82) is 0 Å². The zero-order valence-corrected chi connectivity index (χ0v) is 9.82. The molecule has 0 aromatic heterocycles. The Morgan fingerprint density at radius 1 is 1.00 bits per heavy atom. The summed E-state index contributed by atoms with van der Waals surface area (Å²) in [6.07, 6.45) is -1.21. The fourth-order valence-electron chi connectivity index (χ4n) is 1.73. The standard InChI is InChI=1S/C14H13F2NO/c1-8-2-7-11(13(16)12(8)15)14(18)9-3-5-10(17)6-4-9/h2-7,14,18H,17H2,1H3. The number of aliphatic hydroxyl groups is 1. The number of benzene rings is 2. The molecule has 4 heteroatoms. The van der Waals surface area contributed by atoms with Crippen LogP contribution in [0.15, 0.2) is 36.4 Å². The maximum atomic E-state index is 13.7. The average molecular weight is 249 g/mol. The number of nitrogen functional groups attached to an aromatic ring is 1. The Morgan fingerprint density at radius 3 is 2.22 bits per heavy atom. The molecule has 0 saturated carbocycles. The summed E-state index contributed by atoms with van der Waals surface area (Å²) in [4.78, 5) is 0. The lowest BCUT2D eigenvalue weighted by atomic mass is 9.99. The number of halogens is 2. The van der Waals surface area contributed by atoms with Gasteiger partial charge in [0.05, 0.1) is 0 Å². The third kappa shape index (κ3) is 2.19. The van der Waals surface area contributed by atoms with Crippen molar-refractivity contribution in [3.8, 4) is 0 Å². The molecule has 0 fully saturated rings. The fourth-order valence-corrected chi connectivity index (χ4v) is 1.73. The van der Waals surface area contributed by atoms with Crippen molar-refractivity contribution in [1.82, 2.24) is 0 Å². The predicted octanol–water partition coefficient (Wildman–Crippen LogP) is 2.94. The Kier molecular flexibility index (Phi) is 3.30. The summed E-state index contributed by atoms with van der Waals surface area (Å²) < 4.78 is 27.1. The molecule has 0 saturated heterocycles. The average Bonchev–Trinajstić information content (AvgIpc) is 2.36. The molecule has 3 N–H and O–H groups in total. The van der Waals surface area contributed by atoms with Crippen molar-refractivity contribution in [3.63, 3.8) is 0 Å². The SMILES string of the molecule is Cc1ccc(C(O)c2ccc(N)cc2)c(F)c1F. The molecular weight excluding hydrogens is 236 g/mol. The minimum absolute atomic E-state index is 0.0807. The van der Waals surface area contributed by atoms with Crippen LogP contribution in [0.3, 0.4) is 0 Å². The van der Waals surface area contributed by atoms with Crippen molar-refractivity contribution in [2.45, 2.75) is 13.0 Å². The van der Waals surface area contributed by atoms with Gasteiger partial charge >= 0.3 is 0 Å². The van der Waals surface area contributed by atoms with Crippen molar-refractivity contribution < 1.29 is 13.9 Å². The first-order valence-corrected chi connectivity index (χ1v) is 5.48. The number of hydrogen-bond acceptors (Lipinski definition) is 2. The highest BCUT2D eigenvalue weighted by Gasteiger charge is 2.18. The fraction of sp³-hybridized carbons (Fsp3) is 0.143. The molecule has 0 bridgehead atoms. The van der Waals surface area contributed by atoms with Crippen LogP contribution < -0.4 is 5.73 Å². The lowest BCUT2D eigenvalue weighted by Gasteiger charge is -2.13. The van der Waals surface area contributed by atoms with E-state index in [9.17, 15) is 13.9 Å². The molecule has 0 aliphatic carbocycles. The lowest BCUT2D eigenvalue weighted by Crippen LogP contribution is -2.05. The van der Waals surface area contributed by atoms with E-state index in [-0.39, 0.29) is 11.1 Å². The predicted molar refractivity (Wildman–Crippen MR) is 66.0 cm³/mol. The van der Waals surface area contributed by atoms with E-state index in [4.69, 9.17) is 5.73 Å². The number of hydrogen-bond donors (Lipinski definition) is 2. The van der Waals surface area contributed by atoms with Crippen LogP contribution in [0.4, 0.5) is 14.5 Å².